The zero-order chi connectivity index (χ0) is 9.68. The Hall–Kier alpha value is -0.760. The lowest BCUT2D eigenvalue weighted by Crippen LogP contribution is -1.75. The molecule has 0 spiro atoms. The maximum absolute atomic E-state index is 9.96. The molecule has 1 rings (SSSR count). The fourth-order valence-corrected chi connectivity index (χ4v) is 1.90. The van der Waals surface area contributed by atoms with Crippen molar-refractivity contribution in [3.63, 3.8) is 0 Å². The predicted octanol–water partition coefficient (Wildman–Crippen LogP) is 3.42. The van der Waals surface area contributed by atoms with Gasteiger partial charge in [-0.15, -0.1) is 11.8 Å². The van der Waals surface area contributed by atoms with Crippen molar-refractivity contribution >= 4 is 35.1 Å². The van der Waals surface area contributed by atoms with Crippen LogP contribution in [0.15, 0.2) is 28.1 Å². The molecule has 1 aromatic rings. The lowest BCUT2D eigenvalue weighted by atomic mass is 10.3. The molecule has 0 bridgehead atoms. The third-order valence-corrected chi connectivity index (χ3v) is 2.77. The van der Waals surface area contributed by atoms with Crippen LogP contribution in [-0.2, 0) is 4.79 Å². The Bertz CT molecular complexity index is 347. The number of rotatable bonds is 3. The van der Waals surface area contributed by atoms with E-state index in [0.717, 1.165) is 10.6 Å². The van der Waals surface area contributed by atoms with Gasteiger partial charge >= 0.3 is 0 Å². The molecule has 0 radical (unpaired) electrons. The summed E-state index contributed by atoms with van der Waals surface area (Å²) in [6, 6.07) is 5.26. The van der Waals surface area contributed by atoms with Crippen LogP contribution in [0.4, 0.5) is 5.69 Å². The number of halogens is 1. The molecule has 0 saturated carbocycles. The summed E-state index contributed by atoms with van der Waals surface area (Å²) in [6.07, 6.45) is 1.47. The van der Waals surface area contributed by atoms with Gasteiger partial charge in [-0.2, -0.15) is 4.99 Å². The summed E-state index contributed by atoms with van der Waals surface area (Å²) >= 11 is 7.59. The first kappa shape index (κ1) is 10.3. The van der Waals surface area contributed by atoms with E-state index in [2.05, 4.69) is 11.9 Å². The van der Waals surface area contributed by atoms with Crippen molar-refractivity contribution in [2.24, 2.45) is 4.99 Å². The monoisotopic (exact) mass is 213 g/mol. The largest absolute Gasteiger partial charge is 0.240 e. The first-order valence-corrected chi connectivity index (χ1v) is 5.14. The number of benzene rings is 1. The van der Waals surface area contributed by atoms with E-state index in [4.69, 9.17) is 11.6 Å². The van der Waals surface area contributed by atoms with E-state index in [1.807, 2.05) is 6.07 Å². The minimum atomic E-state index is 0.542. The van der Waals surface area contributed by atoms with Crippen LogP contribution in [-0.4, -0.2) is 11.8 Å². The number of thioether (sulfide) groups is 1. The summed E-state index contributed by atoms with van der Waals surface area (Å²) in [7, 11) is 0. The lowest BCUT2D eigenvalue weighted by Gasteiger charge is -2.01. The van der Waals surface area contributed by atoms with Gasteiger partial charge in [0.15, 0.2) is 0 Å². The summed E-state index contributed by atoms with van der Waals surface area (Å²) in [5.74, 6) is 0.968. The Morgan fingerprint density at radius 3 is 2.92 bits per heavy atom. The highest BCUT2D eigenvalue weighted by atomic mass is 35.5. The molecule has 0 fully saturated rings. The number of hydrogen-bond acceptors (Lipinski definition) is 3. The van der Waals surface area contributed by atoms with Crippen LogP contribution in [0.25, 0.3) is 0 Å². The second kappa shape index (κ2) is 5.07. The second-order valence-corrected chi connectivity index (χ2v) is 3.96. The van der Waals surface area contributed by atoms with Crippen molar-refractivity contribution in [3.05, 3.63) is 23.2 Å². The van der Waals surface area contributed by atoms with E-state index in [1.165, 1.54) is 6.08 Å². The van der Waals surface area contributed by atoms with Crippen molar-refractivity contribution < 1.29 is 4.79 Å². The quantitative estimate of drug-likeness (QED) is 0.438. The highest BCUT2D eigenvalue weighted by Crippen LogP contribution is 2.30. The molecular weight excluding hydrogens is 206 g/mol. The zero-order valence-corrected chi connectivity index (χ0v) is 8.65. The Labute approximate surface area is 86.0 Å². The molecule has 0 amide bonds. The van der Waals surface area contributed by atoms with Crippen molar-refractivity contribution in [2.75, 3.05) is 5.75 Å². The topological polar surface area (TPSA) is 29.4 Å². The molecule has 68 valence electrons. The van der Waals surface area contributed by atoms with Gasteiger partial charge in [0.1, 0.15) is 0 Å². The molecule has 0 N–H and O–H groups in total. The molecule has 0 aromatic heterocycles. The second-order valence-electron chi connectivity index (χ2n) is 2.25. The van der Waals surface area contributed by atoms with Gasteiger partial charge in [-0.3, -0.25) is 0 Å². The normalized spacial score (nSPS) is 9.38. The van der Waals surface area contributed by atoms with Crippen molar-refractivity contribution in [1.82, 2.24) is 0 Å². The van der Waals surface area contributed by atoms with E-state index >= 15 is 0 Å². The van der Waals surface area contributed by atoms with Crippen LogP contribution in [0.3, 0.4) is 0 Å². The molecule has 0 unspecified atom stereocenters. The maximum atomic E-state index is 9.96. The average Bonchev–Trinajstić information content (AvgIpc) is 2.10. The third kappa shape index (κ3) is 2.88. The fraction of sp³-hybridized carbons (Fsp3) is 0.222. The van der Waals surface area contributed by atoms with Gasteiger partial charge in [0.25, 0.3) is 0 Å². The van der Waals surface area contributed by atoms with E-state index in [-0.39, 0.29) is 0 Å². The van der Waals surface area contributed by atoms with Gasteiger partial charge in [-0.25, -0.2) is 4.79 Å². The molecule has 1 aromatic carbocycles. The molecule has 0 aliphatic heterocycles. The molecule has 0 saturated heterocycles. The number of isocyanates is 1. The molecule has 13 heavy (non-hydrogen) atoms. The minimum Gasteiger partial charge on any atom is -0.211 e. The highest BCUT2D eigenvalue weighted by Gasteiger charge is 2.00. The van der Waals surface area contributed by atoms with Crippen molar-refractivity contribution in [3.8, 4) is 0 Å². The minimum absolute atomic E-state index is 0.542. The Balaban J connectivity index is 2.97. The molecule has 0 aliphatic rings. The first-order chi connectivity index (χ1) is 6.27. The van der Waals surface area contributed by atoms with E-state index in [1.54, 1.807) is 23.9 Å². The maximum Gasteiger partial charge on any atom is 0.240 e. The molecule has 0 heterocycles. The molecular formula is C9H8ClNOS. The predicted molar refractivity (Wildman–Crippen MR) is 55.6 cm³/mol. The van der Waals surface area contributed by atoms with Gasteiger partial charge in [0.2, 0.25) is 6.08 Å². The summed E-state index contributed by atoms with van der Waals surface area (Å²) in [4.78, 5) is 14.4. The van der Waals surface area contributed by atoms with Gasteiger partial charge in [0.05, 0.1) is 10.7 Å². The number of aliphatic imine (C=N–C) groups is 1. The van der Waals surface area contributed by atoms with Crippen LogP contribution in [0.2, 0.25) is 5.02 Å². The van der Waals surface area contributed by atoms with Gasteiger partial charge in [-0.1, -0.05) is 18.5 Å². The average molecular weight is 214 g/mol. The number of carbonyl (C=O) groups excluding carboxylic acids is 1. The summed E-state index contributed by atoms with van der Waals surface area (Å²) < 4.78 is 0. The summed E-state index contributed by atoms with van der Waals surface area (Å²) in [5.41, 5.74) is 0.542. The van der Waals surface area contributed by atoms with Crippen LogP contribution in [0, 0.1) is 0 Å². The summed E-state index contributed by atoms with van der Waals surface area (Å²) in [6.45, 7) is 2.05. The molecule has 0 atom stereocenters. The fourth-order valence-electron chi connectivity index (χ4n) is 0.885. The van der Waals surface area contributed by atoms with Crippen molar-refractivity contribution in [1.29, 1.82) is 0 Å². The highest BCUT2D eigenvalue weighted by molar-refractivity contribution is 7.99. The Morgan fingerprint density at radius 1 is 1.62 bits per heavy atom. The van der Waals surface area contributed by atoms with E-state index in [9.17, 15) is 4.79 Å². The molecule has 0 aliphatic carbocycles. The Morgan fingerprint density at radius 2 is 2.38 bits per heavy atom. The smallest absolute Gasteiger partial charge is 0.211 e. The Kier molecular flexibility index (Phi) is 4.03. The molecule has 4 heteroatoms. The zero-order valence-electron chi connectivity index (χ0n) is 7.08. The lowest BCUT2D eigenvalue weighted by molar-refractivity contribution is 0.565. The van der Waals surface area contributed by atoms with Crippen LogP contribution in [0.1, 0.15) is 6.92 Å². The standard InChI is InChI=1S/C9H8ClNOS/c1-2-13-9-4-3-7(11-6-12)5-8(9)10/h3-5H,2H2,1H3. The van der Waals surface area contributed by atoms with Gasteiger partial charge < -0.3 is 0 Å². The first-order valence-electron chi connectivity index (χ1n) is 3.78. The van der Waals surface area contributed by atoms with Crippen LogP contribution >= 0.6 is 23.4 Å². The van der Waals surface area contributed by atoms with Crippen LogP contribution in [0.5, 0.6) is 0 Å². The summed E-state index contributed by atoms with van der Waals surface area (Å²) in [5, 5.41) is 0.628. The molecule has 2 nitrogen and oxygen atoms in total. The van der Waals surface area contributed by atoms with Gasteiger partial charge in [-0.05, 0) is 24.0 Å². The number of nitrogens with zero attached hydrogens (tertiary/aromatic N) is 1. The SMILES string of the molecule is CCSc1ccc(N=C=O)cc1Cl. The number of hydrogen-bond donors (Lipinski definition) is 0. The third-order valence-electron chi connectivity index (χ3n) is 1.39. The van der Waals surface area contributed by atoms with Crippen molar-refractivity contribution in [2.45, 2.75) is 11.8 Å². The van der Waals surface area contributed by atoms with Gasteiger partial charge in [0, 0.05) is 4.90 Å². The van der Waals surface area contributed by atoms with E-state index in [0.29, 0.717) is 10.7 Å². The van der Waals surface area contributed by atoms with E-state index < -0.39 is 0 Å². The van der Waals surface area contributed by atoms with Crippen LogP contribution < -0.4 is 0 Å².